The van der Waals surface area contributed by atoms with Crippen molar-refractivity contribution in [1.82, 2.24) is 0 Å². The van der Waals surface area contributed by atoms with Crippen molar-refractivity contribution >= 4 is 39.5 Å². The summed E-state index contributed by atoms with van der Waals surface area (Å²) >= 11 is 0. The molecule has 5 atom stereocenters. The largest absolute Gasteiger partial charge is 0.472 e. The van der Waals surface area contributed by atoms with E-state index in [1.807, 2.05) is 0 Å². The van der Waals surface area contributed by atoms with Crippen LogP contribution in [0, 0.1) is 11.8 Å². The number of rotatable bonds is 74. The number of phosphoric ester groups is 2. The van der Waals surface area contributed by atoms with Crippen molar-refractivity contribution < 1.29 is 80.2 Å². The summed E-state index contributed by atoms with van der Waals surface area (Å²) in [7, 11) is -9.91. The molecule has 0 fully saturated rings. The quantitative estimate of drug-likeness (QED) is 0.0222. The van der Waals surface area contributed by atoms with Crippen LogP contribution in [0.2, 0.25) is 0 Å². The Bertz CT molecular complexity index is 1820. The van der Waals surface area contributed by atoms with E-state index in [0.717, 1.165) is 102 Å². The zero-order chi connectivity index (χ0) is 69.3. The molecule has 0 aromatic carbocycles. The highest BCUT2D eigenvalue weighted by atomic mass is 31.2. The Hall–Kier alpha value is -1.94. The molecule has 0 radical (unpaired) electrons. The monoisotopic (exact) mass is 1380 g/mol. The van der Waals surface area contributed by atoms with Crippen molar-refractivity contribution in [2.24, 2.45) is 11.8 Å². The van der Waals surface area contributed by atoms with Gasteiger partial charge in [-0.3, -0.25) is 37.3 Å². The van der Waals surface area contributed by atoms with Gasteiger partial charge in [-0.2, -0.15) is 0 Å². The van der Waals surface area contributed by atoms with E-state index >= 15 is 0 Å². The second kappa shape index (κ2) is 66.9. The predicted octanol–water partition coefficient (Wildman–Crippen LogP) is 21.9. The zero-order valence-electron chi connectivity index (χ0n) is 61.3. The number of phosphoric acid groups is 2. The fourth-order valence-corrected chi connectivity index (χ4v) is 13.1. The number of esters is 4. The lowest BCUT2D eigenvalue weighted by molar-refractivity contribution is -0.161. The highest BCUT2D eigenvalue weighted by Crippen LogP contribution is 2.45. The molecule has 3 N–H and O–H groups in total. The lowest BCUT2D eigenvalue weighted by atomic mass is 10.0. The van der Waals surface area contributed by atoms with E-state index in [4.69, 9.17) is 37.0 Å². The Morgan fingerprint density at radius 1 is 0.287 bits per heavy atom. The number of unbranched alkanes of at least 4 members (excludes halogenated alkanes) is 44. The summed E-state index contributed by atoms with van der Waals surface area (Å²) in [5.41, 5.74) is 0. The van der Waals surface area contributed by atoms with Gasteiger partial charge in [0.15, 0.2) is 12.2 Å². The average molecular weight is 1380 g/mol. The Labute approximate surface area is 575 Å². The van der Waals surface area contributed by atoms with Crippen molar-refractivity contribution in [1.29, 1.82) is 0 Å². The molecule has 0 amide bonds. The van der Waals surface area contributed by atoms with E-state index in [0.29, 0.717) is 25.7 Å². The van der Waals surface area contributed by atoms with E-state index in [2.05, 4.69) is 41.5 Å². The molecule has 2 unspecified atom stereocenters. The van der Waals surface area contributed by atoms with Crippen LogP contribution >= 0.6 is 15.6 Å². The molecule has 0 spiro atoms. The van der Waals surface area contributed by atoms with Gasteiger partial charge in [-0.15, -0.1) is 0 Å². The van der Waals surface area contributed by atoms with Crippen molar-refractivity contribution in [2.75, 3.05) is 39.6 Å². The van der Waals surface area contributed by atoms with Gasteiger partial charge in [0, 0.05) is 25.7 Å². The summed E-state index contributed by atoms with van der Waals surface area (Å²) in [6, 6.07) is 0. The Balaban J connectivity index is 5.25. The molecule has 17 nitrogen and oxygen atoms in total. The Morgan fingerprint density at radius 2 is 0.489 bits per heavy atom. The maximum absolute atomic E-state index is 13.1. The second-order valence-corrected chi connectivity index (χ2v) is 30.9. The molecule has 94 heavy (non-hydrogen) atoms. The molecule has 0 rings (SSSR count). The maximum Gasteiger partial charge on any atom is 0.472 e. The molecule has 0 saturated carbocycles. The number of aliphatic hydroxyl groups excluding tert-OH is 1. The smallest absolute Gasteiger partial charge is 0.462 e. The minimum atomic E-state index is -4.96. The molecule has 558 valence electrons. The van der Waals surface area contributed by atoms with E-state index < -0.39 is 97.5 Å². The molecule has 0 heterocycles. The SMILES string of the molecule is CCCCCCCCCCCCCCCCCCC(=O)O[C@H](COC(=O)CCCCCCCCCCCCCCC(C)C)COP(=O)(O)OC[C@@H](O)COP(=O)(O)OC[C@@H](COC(=O)CCCCCCCCCCCC)OC(=O)CCCCCCCCCCCCC(C)C. The van der Waals surface area contributed by atoms with Crippen molar-refractivity contribution in [3.8, 4) is 0 Å². The molecule has 0 saturated heterocycles. The van der Waals surface area contributed by atoms with Crippen LogP contribution in [0.3, 0.4) is 0 Å². The van der Waals surface area contributed by atoms with Gasteiger partial charge in [0.1, 0.15) is 19.3 Å². The molecule has 0 aromatic heterocycles. The summed E-state index contributed by atoms with van der Waals surface area (Å²) in [5, 5.41) is 10.6. The van der Waals surface area contributed by atoms with Gasteiger partial charge in [0.25, 0.3) is 0 Å². The zero-order valence-corrected chi connectivity index (χ0v) is 63.1. The molecular formula is C75H146O17P2. The first-order chi connectivity index (χ1) is 45.4. The summed E-state index contributed by atoms with van der Waals surface area (Å²) in [6.45, 7) is 9.59. The van der Waals surface area contributed by atoms with Crippen LogP contribution in [0.1, 0.15) is 388 Å². The minimum absolute atomic E-state index is 0.106. The fourth-order valence-electron chi connectivity index (χ4n) is 11.5. The lowest BCUT2D eigenvalue weighted by Gasteiger charge is -2.21. The van der Waals surface area contributed by atoms with E-state index in [-0.39, 0.29) is 25.7 Å². The minimum Gasteiger partial charge on any atom is -0.462 e. The van der Waals surface area contributed by atoms with Gasteiger partial charge in [0.05, 0.1) is 26.4 Å². The average Bonchev–Trinajstić information content (AvgIpc) is 1.38. The first-order valence-corrected chi connectivity index (χ1v) is 42.0. The standard InChI is InChI=1S/C75H146O17P2/c1-7-9-11-13-15-17-19-20-21-22-23-28-35-41-47-53-59-74(79)91-71(64-86-73(78)58-52-46-40-34-27-25-24-26-31-37-43-49-55-67(3)4)66-90-94(83,84)88-62-69(76)61-87-93(81,82)89-65-70(63-85-72(77)57-51-45-39-33-18-16-14-12-10-8-2)92-75(80)60-54-48-42-36-30-29-32-38-44-50-56-68(5)6/h67-71,76H,7-66H2,1-6H3,(H,81,82)(H,83,84)/t69-,70+,71+/m0/s1. The molecule has 0 aliphatic carbocycles. The third-order valence-electron chi connectivity index (χ3n) is 17.5. The van der Waals surface area contributed by atoms with Crippen LogP contribution in [0.5, 0.6) is 0 Å². The highest BCUT2D eigenvalue weighted by Gasteiger charge is 2.30. The number of carbonyl (C=O) groups excluding carboxylic acids is 4. The van der Waals surface area contributed by atoms with Crippen LogP contribution in [0.4, 0.5) is 0 Å². The van der Waals surface area contributed by atoms with Crippen molar-refractivity contribution in [3.05, 3.63) is 0 Å². The van der Waals surface area contributed by atoms with Crippen LogP contribution in [0.25, 0.3) is 0 Å². The predicted molar refractivity (Wildman–Crippen MR) is 381 cm³/mol. The molecule has 0 bridgehead atoms. The summed E-state index contributed by atoms with van der Waals surface area (Å²) in [5.74, 6) is -0.581. The van der Waals surface area contributed by atoms with Crippen LogP contribution in [0.15, 0.2) is 0 Å². The second-order valence-electron chi connectivity index (χ2n) is 28.0. The van der Waals surface area contributed by atoms with Crippen molar-refractivity contribution in [2.45, 2.75) is 407 Å². The van der Waals surface area contributed by atoms with Gasteiger partial charge >= 0.3 is 39.5 Å². The number of hydrogen-bond donors (Lipinski definition) is 3. The molecule has 19 heteroatoms. The Morgan fingerprint density at radius 3 is 0.723 bits per heavy atom. The topological polar surface area (TPSA) is 237 Å². The first kappa shape index (κ1) is 92.1. The third kappa shape index (κ3) is 68.6. The van der Waals surface area contributed by atoms with E-state index in [1.54, 1.807) is 0 Å². The maximum atomic E-state index is 13.1. The summed E-state index contributed by atoms with van der Waals surface area (Å²) in [4.78, 5) is 72.8. The molecule has 0 aliphatic heterocycles. The van der Waals surface area contributed by atoms with Gasteiger partial charge in [0.2, 0.25) is 0 Å². The molecular weight excluding hydrogens is 1230 g/mol. The number of hydrogen-bond acceptors (Lipinski definition) is 15. The number of ether oxygens (including phenoxy) is 4. The third-order valence-corrected chi connectivity index (χ3v) is 19.4. The van der Waals surface area contributed by atoms with Crippen LogP contribution in [-0.2, 0) is 65.4 Å². The van der Waals surface area contributed by atoms with Crippen LogP contribution in [-0.4, -0.2) is 96.7 Å². The Kier molecular flexibility index (Phi) is 65.5. The van der Waals surface area contributed by atoms with Gasteiger partial charge in [-0.1, -0.05) is 337 Å². The first-order valence-electron chi connectivity index (χ1n) is 39.0. The highest BCUT2D eigenvalue weighted by molar-refractivity contribution is 7.47. The fraction of sp³-hybridized carbons (Fsp3) is 0.947. The summed E-state index contributed by atoms with van der Waals surface area (Å²) < 4.78 is 68.5. The molecule has 0 aromatic rings. The summed E-state index contributed by atoms with van der Waals surface area (Å²) in [6.07, 6.45) is 54.0. The lowest BCUT2D eigenvalue weighted by Crippen LogP contribution is -2.30. The van der Waals surface area contributed by atoms with Crippen LogP contribution < -0.4 is 0 Å². The van der Waals surface area contributed by atoms with Gasteiger partial charge < -0.3 is 33.8 Å². The number of aliphatic hydroxyl groups is 1. The normalized spacial score (nSPS) is 14.0. The number of carbonyl (C=O) groups is 4. The van der Waals surface area contributed by atoms with E-state index in [9.17, 15) is 43.2 Å². The van der Waals surface area contributed by atoms with Gasteiger partial charge in [-0.05, 0) is 37.5 Å². The molecule has 0 aliphatic rings. The van der Waals surface area contributed by atoms with E-state index in [1.165, 1.54) is 205 Å². The van der Waals surface area contributed by atoms with Crippen molar-refractivity contribution in [3.63, 3.8) is 0 Å². The van der Waals surface area contributed by atoms with Gasteiger partial charge in [-0.25, -0.2) is 9.13 Å².